The maximum atomic E-state index is 4.86. The minimum absolute atomic E-state index is 0. The summed E-state index contributed by atoms with van der Waals surface area (Å²) >= 11 is 0. The van der Waals surface area contributed by atoms with Crippen LogP contribution in [-0.2, 0) is 4.89 Å². The molecule has 0 aliphatic carbocycles. The van der Waals surface area contributed by atoms with Crippen LogP contribution in [0.15, 0.2) is 30.3 Å². The molecule has 0 saturated heterocycles. The highest BCUT2D eigenvalue weighted by Crippen LogP contribution is 2.07. The molecule has 0 aromatic heterocycles. The fourth-order valence-corrected chi connectivity index (χ4v) is 0.603. The molecule has 1 atom stereocenters. The van der Waals surface area contributed by atoms with Crippen LogP contribution in [0.1, 0.15) is 6.92 Å². The Morgan fingerprint density at radius 1 is 1.18 bits per heavy atom. The van der Waals surface area contributed by atoms with Crippen LogP contribution in [-0.4, -0.2) is 6.61 Å². The minimum Gasteiger partial charge on any atom is -0.338 e. The van der Waals surface area contributed by atoms with Crippen molar-refractivity contribution in [3.63, 3.8) is 0 Å². The van der Waals surface area contributed by atoms with E-state index in [0.717, 1.165) is 5.75 Å². The van der Waals surface area contributed by atoms with Gasteiger partial charge in [-0.05, 0) is 19.1 Å². The predicted molar refractivity (Wildman–Crippen MR) is 49.8 cm³/mol. The molecule has 0 aliphatic rings. The van der Waals surface area contributed by atoms with Crippen molar-refractivity contribution >= 4 is 9.90 Å². The quantitative estimate of drug-likeness (QED) is 0.395. The largest absolute Gasteiger partial charge is 0.338 e. The minimum atomic E-state index is 0. The van der Waals surface area contributed by atoms with Gasteiger partial charge in [-0.15, -0.1) is 0 Å². The summed E-state index contributed by atoms with van der Waals surface area (Å²) < 4.78 is 0. The number of hydrogen-bond donors (Lipinski definition) is 0. The van der Waals surface area contributed by atoms with Gasteiger partial charge in [0.1, 0.15) is 0 Å². The monoisotopic (exact) mass is 172 g/mol. The summed E-state index contributed by atoms with van der Waals surface area (Å²) in [5.41, 5.74) is 0. The summed E-state index contributed by atoms with van der Waals surface area (Å²) in [7, 11) is 0. The Bertz CT molecular complexity index is 177. The highest BCUT2D eigenvalue weighted by Gasteiger charge is 1.87. The number of para-hydroxylation sites is 1. The lowest BCUT2D eigenvalue weighted by Crippen LogP contribution is -1.94. The number of rotatable bonds is 3. The normalized spacial score (nSPS) is 8.45. The van der Waals surface area contributed by atoms with Crippen LogP contribution in [0, 0.1) is 0 Å². The van der Waals surface area contributed by atoms with Gasteiger partial charge in [0.15, 0.2) is 5.75 Å². The molecular formula is C8H13O2P. The second kappa shape index (κ2) is 6.14. The Morgan fingerprint density at radius 3 is 2.36 bits per heavy atom. The first-order valence-electron chi connectivity index (χ1n) is 3.28. The molecule has 1 aromatic carbocycles. The molecule has 62 valence electrons. The first-order chi connectivity index (χ1) is 4.93. The van der Waals surface area contributed by atoms with Gasteiger partial charge in [-0.25, -0.2) is 0 Å². The smallest absolute Gasteiger partial charge is 0.165 e. The van der Waals surface area contributed by atoms with Crippen LogP contribution in [0.25, 0.3) is 0 Å². The zero-order chi connectivity index (χ0) is 7.23. The van der Waals surface area contributed by atoms with Crippen molar-refractivity contribution in [3.05, 3.63) is 30.3 Å². The van der Waals surface area contributed by atoms with E-state index in [1.54, 1.807) is 0 Å². The summed E-state index contributed by atoms with van der Waals surface area (Å²) in [6.45, 7) is 2.44. The van der Waals surface area contributed by atoms with Crippen molar-refractivity contribution in [1.82, 2.24) is 0 Å². The van der Waals surface area contributed by atoms with Crippen molar-refractivity contribution < 1.29 is 9.78 Å². The second-order valence-corrected chi connectivity index (χ2v) is 1.80. The van der Waals surface area contributed by atoms with Crippen molar-refractivity contribution in [1.29, 1.82) is 0 Å². The van der Waals surface area contributed by atoms with Crippen LogP contribution in [0.3, 0.4) is 0 Å². The molecule has 0 amide bonds. The fourth-order valence-electron chi connectivity index (χ4n) is 0.603. The highest BCUT2D eigenvalue weighted by atomic mass is 31.0. The third kappa shape index (κ3) is 3.97. The molecule has 0 aliphatic heterocycles. The third-order valence-electron chi connectivity index (χ3n) is 1.02. The third-order valence-corrected chi connectivity index (χ3v) is 1.02. The zero-order valence-electron chi connectivity index (χ0n) is 6.62. The van der Waals surface area contributed by atoms with Crippen molar-refractivity contribution in [3.8, 4) is 5.75 Å². The van der Waals surface area contributed by atoms with E-state index in [-0.39, 0.29) is 9.90 Å². The van der Waals surface area contributed by atoms with E-state index in [1.807, 2.05) is 37.3 Å². The molecule has 1 unspecified atom stereocenters. The summed E-state index contributed by atoms with van der Waals surface area (Å²) in [6.07, 6.45) is 0. The Hall–Kier alpha value is -0.590. The highest BCUT2D eigenvalue weighted by molar-refractivity contribution is 6.92. The lowest BCUT2D eigenvalue weighted by molar-refractivity contribution is -0.202. The van der Waals surface area contributed by atoms with E-state index < -0.39 is 0 Å². The summed E-state index contributed by atoms with van der Waals surface area (Å²) in [5, 5.41) is 0. The average Bonchev–Trinajstić information content (AvgIpc) is 2.03. The van der Waals surface area contributed by atoms with E-state index in [0.29, 0.717) is 6.61 Å². The lowest BCUT2D eigenvalue weighted by atomic mass is 10.3. The van der Waals surface area contributed by atoms with Crippen LogP contribution < -0.4 is 4.89 Å². The summed E-state index contributed by atoms with van der Waals surface area (Å²) in [5.74, 6) is 0.740. The molecular weight excluding hydrogens is 159 g/mol. The van der Waals surface area contributed by atoms with Crippen LogP contribution >= 0.6 is 9.90 Å². The molecule has 1 rings (SSSR count). The van der Waals surface area contributed by atoms with E-state index in [4.69, 9.17) is 9.78 Å². The maximum absolute atomic E-state index is 4.86. The van der Waals surface area contributed by atoms with Gasteiger partial charge in [-0.2, -0.15) is 14.8 Å². The van der Waals surface area contributed by atoms with Gasteiger partial charge in [0.25, 0.3) is 0 Å². The Balaban J connectivity index is 0.000001000. The topological polar surface area (TPSA) is 18.5 Å². The lowest BCUT2D eigenvalue weighted by Gasteiger charge is -2.00. The van der Waals surface area contributed by atoms with Gasteiger partial charge in [0.2, 0.25) is 0 Å². The average molecular weight is 172 g/mol. The summed E-state index contributed by atoms with van der Waals surface area (Å²) in [6, 6.07) is 9.41. The molecule has 0 saturated carbocycles. The van der Waals surface area contributed by atoms with Gasteiger partial charge in [0, 0.05) is 0 Å². The number of benzene rings is 1. The van der Waals surface area contributed by atoms with Gasteiger partial charge in [0.05, 0.1) is 6.61 Å². The number of hydrogen-bond acceptors (Lipinski definition) is 2. The van der Waals surface area contributed by atoms with Crippen LogP contribution in [0.4, 0.5) is 0 Å². The van der Waals surface area contributed by atoms with E-state index >= 15 is 0 Å². The Kier molecular flexibility index (Phi) is 5.81. The van der Waals surface area contributed by atoms with E-state index in [9.17, 15) is 0 Å². The Morgan fingerprint density at radius 2 is 1.82 bits per heavy atom. The van der Waals surface area contributed by atoms with Gasteiger partial charge >= 0.3 is 0 Å². The molecule has 11 heavy (non-hydrogen) atoms. The van der Waals surface area contributed by atoms with Crippen LogP contribution in [0.2, 0.25) is 0 Å². The van der Waals surface area contributed by atoms with Crippen molar-refractivity contribution in [2.75, 3.05) is 6.61 Å². The first kappa shape index (κ1) is 10.4. The summed E-state index contributed by atoms with van der Waals surface area (Å²) in [4.78, 5) is 9.57. The molecule has 0 spiro atoms. The van der Waals surface area contributed by atoms with Gasteiger partial charge in [-0.1, -0.05) is 18.2 Å². The Labute approximate surface area is 70.1 Å². The standard InChI is InChI=1S/C8H10O2.H3P/c1-2-9-10-8-6-4-3-5-7-8;/h3-7H,2H2,1H3;1H3. The molecule has 2 nitrogen and oxygen atoms in total. The van der Waals surface area contributed by atoms with E-state index in [2.05, 4.69) is 0 Å². The van der Waals surface area contributed by atoms with Gasteiger partial charge in [-0.3, -0.25) is 0 Å². The maximum Gasteiger partial charge on any atom is 0.165 e. The molecule has 0 fully saturated rings. The molecule has 0 radical (unpaired) electrons. The molecule has 0 bridgehead atoms. The van der Waals surface area contributed by atoms with Gasteiger partial charge < -0.3 is 4.89 Å². The van der Waals surface area contributed by atoms with Crippen molar-refractivity contribution in [2.45, 2.75) is 6.92 Å². The zero-order valence-corrected chi connectivity index (χ0v) is 8.03. The molecule has 3 heteroatoms. The predicted octanol–water partition coefficient (Wildman–Crippen LogP) is 2.08. The SMILES string of the molecule is CCOOc1ccccc1.P. The first-order valence-corrected chi connectivity index (χ1v) is 3.28. The molecule has 0 N–H and O–H groups in total. The van der Waals surface area contributed by atoms with Crippen molar-refractivity contribution in [2.24, 2.45) is 0 Å². The molecule has 1 aromatic rings. The fraction of sp³-hybridized carbons (Fsp3) is 0.250. The van der Waals surface area contributed by atoms with E-state index in [1.165, 1.54) is 0 Å². The second-order valence-electron chi connectivity index (χ2n) is 1.80. The van der Waals surface area contributed by atoms with Crippen LogP contribution in [0.5, 0.6) is 5.75 Å². The molecule has 0 heterocycles.